The average Bonchev–Trinajstić information content (AvgIpc) is 2.26. The molecule has 4 heteroatoms. The summed E-state index contributed by atoms with van der Waals surface area (Å²) in [5.41, 5.74) is 1.52. The molecule has 3 nitrogen and oxygen atoms in total. The summed E-state index contributed by atoms with van der Waals surface area (Å²) in [5, 5.41) is 12.5. The number of nitrogens with one attached hydrogen (secondary N) is 1. The number of carboxylic acids is 1. The Labute approximate surface area is 119 Å². The third-order valence-corrected chi connectivity index (χ3v) is 4.42. The molecule has 0 spiro atoms. The van der Waals surface area contributed by atoms with Gasteiger partial charge in [0.15, 0.2) is 0 Å². The molecular weight excluding hydrogens is 258 g/mol. The molecule has 1 aromatic rings. The second-order valence-corrected chi connectivity index (χ2v) is 6.51. The molecule has 1 atom stereocenters. The normalized spacial score (nSPS) is 14.4. The third kappa shape index (κ3) is 4.55. The van der Waals surface area contributed by atoms with Crippen molar-refractivity contribution in [1.82, 2.24) is 5.32 Å². The van der Waals surface area contributed by atoms with Gasteiger partial charge >= 0.3 is 5.97 Å². The number of rotatable bonds is 6. The van der Waals surface area contributed by atoms with Crippen molar-refractivity contribution in [1.29, 1.82) is 0 Å². The number of hydrogen-bond acceptors (Lipinski definition) is 3. The van der Waals surface area contributed by atoms with Crippen molar-refractivity contribution in [3.63, 3.8) is 0 Å². The topological polar surface area (TPSA) is 49.3 Å². The Morgan fingerprint density at radius 3 is 2.53 bits per heavy atom. The largest absolute Gasteiger partial charge is 0.480 e. The number of benzene rings is 1. The molecule has 0 aliphatic heterocycles. The highest BCUT2D eigenvalue weighted by Gasteiger charge is 2.33. The molecule has 2 N–H and O–H groups in total. The van der Waals surface area contributed by atoms with E-state index in [1.807, 2.05) is 13.8 Å². The van der Waals surface area contributed by atoms with Crippen LogP contribution in [0.5, 0.6) is 0 Å². The van der Waals surface area contributed by atoms with Gasteiger partial charge in [0.05, 0.1) is 0 Å². The van der Waals surface area contributed by atoms with Gasteiger partial charge in [0, 0.05) is 16.7 Å². The first-order chi connectivity index (χ1) is 8.74. The van der Waals surface area contributed by atoms with E-state index in [2.05, 4.69) is 37.4 Å². The van der Waals surface area contributed by atoms with Crippen molar-refractivity contribution in [2.45, 2.75) is 51.1 Å². The van der Waals surface area contributed by atoms with Crippen molar-refractivity contribution < 1.29 is 9.90 Å². The van der Waals surface area contributed by atoms with Gasteiger partial charge in [-0.15, -0.1) is 11.8 Å². The minimum Gasteiger partial charge on any atom is -0.480 e. The van der Waals surface area contributed by atoms with Crippen LogP contribution in [0.1, 0.15) is 31.9 Å². The van der Waals surface area contributed by atoms with Crippen molar-refractivity contribution >= 4 is 17.7 Å². The van der Waals surface area contributed by atoms with Crippen LogP contribution in [-0.2, 0) is 4.79 Å². The van der Waals surface area contributed by atoms with E-state index in [4.69, 9.17) is 0 Å². The van der Waals surface area contributed by atoms with Crippen molar-refractivity contribution in [3.8, 4) is 0 Å². The smallest absolute Gasteiger partial charge is 0.324 e. The van der Waals surface area contributed by atoms with Crippen molar-refractivity contribution in [3.05, 3.63) is 29.3 Å². The molecule has 0 saturated heterocycles. The van der Waals surface area contributed by atoms with Crippen LogP contribution in [0.25, 0.3) is 0 Å². The molecule has 106 valence electrons. The molecule has 0 aromatic heterocycles. The summed E-state index contributed by atoms with van der Waals surface area (Å²) < 4.78 is 0. The van der Waals surface area contributed by atoms with E-state index in [1.165, 1.54) is 11.1 Å². The maximum absolute atomic E-state index is 11.4. The third-order valence-electron chi connectivity index (χ3n) is 2.93. The molecule has 1 rings (SSSR count). The van der Waals surface area contributed by atoms with E-state index < -0.39 is 11.5 Å². The zero-order valence-electron chi connectivity index (χ0n) is 12.3. The highest BCUT2D eigenvalue weighted by Crippen LogP contribution is 2.27. The maximum atomic E-state index is 11.4. The molecule has 19 heavy (non-hydrogen) atoms. The molecule has 1 aromatic carbocycles. The summed E-state index contributed by atoms with van der Waals surface area (Å²) in [6.07, 6.45) is 0. The van der Waals surface area contributed by atoms with Crippen LogP contribution in [-0.4, -0.2) is 28.4 Å². The second-order valence-electron chi connectivity index (χ2n) is 5.49. The molecule has 0 amide bonds. The molecule has 1 unspecified atom stereocenters. The Hall–Kier alpha value is -1.00. The molecule has 0 aliphatic carbocycles. The van der Waals surface area contributed by atoms with E-state index in [0.717, 1.165) is 4.90 Å². The van der Waals surface area contributed by atoms with Crippen LogP contribution in [0.15, 0.2) is 23.1 Å². The fourth-order valence-electron chi connectivity index (χ4n) is 1.99. The predicted molar refractivity (Wildman–Crippen MR) is 81.0 cm³/mol. The number of aryl methyl sites for hydroxylation is 2. The van der Waals surface area contributed by atoms with Gasteiger partial charge < -0.3 is 5.11 Å². The van der Waals surface area contributed by atoms with Crippen LogP contribution >= 0.6 is 11.8 Å². The molecule has 0 heterocycles. The molecule has 0 radical (unpaired) electrons. The van der Waals surface area contributed by atoms with Gasteiger partial charge in [0.2, 0.25) is 0 Å². The average molecular weight is 281 g/mol. The number of aliphatic carboxylic acids is 1. The van der Waals surface area contributed by atoms with Crippen molar-refractivity contribution in [2.75, 3.05) is 5.75 Å². The summed E-state index contributed by atoms with van der Waals surface area (Å²) in [5.74, 6) is -0.303. The summed E-state index contributed by atoms with van der Waals surface area (Å²) in [4.78, 5) is 12.6. The predicted octanol–water partition coefficient (Wildman–Crippen LogP) is 3.24. The first kappa shape index (κ1) is 16.1. The lowest BCUT2D eigenvalue weighted by Gasteiger charge is -2.28. The molecule has 0 fully saturated rings. The fourth-order valence-corrected chi connectivity index (χ4v) is 3.09. The lowest BCUT2D eigenvalue weighted by molar-refractivity contribution is -0.143. The zero-order valence-corrected chi connectivity index (χ0v) is 13.1. The molecular formula is C15H23NO2S. The van der Waals surface area contributed by atoms with Crippen LogP contribution in [0.2, 0.25) is 0 Å². The summed E-state index contributed by atoms with van der Waals surface area (Å²) in [6.45, 7) is 9.78. The Bertz CT molecular complexity index is 459. The second kappa shape index (κ2) is 6.44. The summed E-state index contributed by atoms with van der Waals surface area (Å²) >= 11 is 1.59. The quantitative estimate of drug-likeness (QED) is 0.786. The lowest BCUT2D eigenvalue weighted by atomic mass is 10.1. The highest BCUT2D eigenvalue weighted by molar-refractivity contribution is 7.99. The summed E-state index contributed by atoms with van der Waals surface area (Å²) in [7, 11) is 0. The first-order valence-corrected chi connectivity index (χ1v) is 7.44. The minimum atomic E-state index is -0.907. The van der Waals surface area contributed by atoms with Gasteiger partial charge in [-0.2, -0.15) is 0 Å². The van der Waals surface area contributed by atoms with E-state index in [1.54, 1.807) is 18.7 Å². The maximum Gasteiger partial charge on any atom is 0.324 e. The van der Waals surface area contributed by atoms with Crippen LogP contribution in [0.4, 0.5) is 0 Å². The number of thioether (sulfide) groups is 1. The number of hydrogen-bond donors (Lipinski definition) is 2. The Morgan fingerprint density at radius 2 is 2.05 bits per heavy atom. The minimum absolute atomic E-state index is 0.140. The van der Waals surface area contributed by atoms with E-state index in [9.17, 15) is 9.90 Å². The standard InChI is InChI=1S/C15H23NO2S/c1-10(2)16-15(5,14(17)18)9-19-13-7-6-11(3)8-12(13)4/h6-8,10,16H,9H2,1-5H3,(H,17,18). The monoisotopic (exact) mass is 281 g/mol. The Kier molecular flexibility index (Phi) is 5.44. The first-order valence-electron chi connectivity index (χ1n) is 6.46. The van der Waals surface area contributed by atoms with Gasteiger partial charge in [0.25, 0.3) is 0 Å². The Balaban J connectivity index is 2.79. The Morgan fingerprint density at radius 1 is 1.42 bits per heavy atom. The van der Waals surface area contributed by atoms with E-state index in [0.29, 0.717) is 5.75 Å². The SMILES string of the molecule is Cc1ccc(SCC(C)(NC(C)C)C(=O)O)c(C)c1. The summed E-state index contributed by atoms with van der Waals surface area (Å²) in [6, 6.07) is 6.38. The van der Waals surface area contributed by atoms with Crippen LogP contribution in [0.3, 0.4) is 0 Å². The van der Waals surface area contributed by atoms with Crippen molar-refractivity contribution in [2.24, 2.45) is 0 Å². The van der Waals surface area contributed by atoms with Crippen LogP contribution < -0.4 is 5.32 Å². The number of carbonyl (C=O) groups is 1. The van der Waals surface area contributed by atoms with E-state index >= 15 is 0 Å². The number of carboxylic acid groups (broad SMARTS) is 1. The zero-order chi connectivity index (χ0) is 14.6. The lowest BCUT2D eigenvalue weighted by Crippen LogP contribution is -2.54. The van der Waals surface area contributed by atoms with Gasteiger partial charge in [-0.3, -0.25) is 10.1 Å². The highest BCUT2D eigenvalue weighted by atomic mass is 32.2. The van der Waals surface area contributed by atoms with Crippen LogP contribution in [0, 0.1) is 13.8 Å². The van der Waals surface area contributed by atoms with Gasteiger partial charge in [-0.1, -0.05) is 17.7 Å². The molecule has 0 saturated carbocycles. The van der Waals surface area contributed by atoms with Gasteiger partial charge in [0.1, 0.15) is 5.54 Å². The van der Waals surface area contributed by atoms with Gasteiger partial charge in [-0.05, 0) is 46.2 Å². The molecule has 0 aliphatic rings. The fraction of sp³-hybridized carbons (Fsp3) is 0.533. The van der Waals surface area contributed by atoms with Gasteiger partial charge in [-0.25, -0.2) is 0 Å². The van der Waals surface area contributed by atoms with E-state index in [-0.39, 0.29) is 6.04 Å². The molecule has 0 bridgehead atoms.